The molecule has 9 heteroatoms. The third-order valence-electron chi connectivity index (χ3n) is 3.77. The lowest BCUT2D eigenvalue weighted by atomic mass is 10.1. The highest BCUT2D eigenvalue weighted by Crippen LogP contribution is 2.28. The Morgan fingerprint density at radius 2 is 1.77 bits per heavy atom. The number of methoxy groups -OCH3 is 1. The monoisotopic (exact) mass is 378 g/mol. The van der Waals surface area contributed by atoms with Gasteiger partial charge in [0, 0.05) is 12.1 Å². The van der Waals surface area contributed by atoms with Gasteiger partial charge in [-0.1, -0.05) is 12.1 Å². The van der Waals surface area contributed by atoms with Crippen LogP contribution in [0.2, 0.25) is 0 Å². The van der Waals surface area contributed by atoms with Crippen LogP contribution in [0.25, 0.3) is 0 Å². The maximum Gasteiger partial charge on any atom is 0.326 e. The summed E-state index contributed by atoms with van der Waals surface area (Å²) in [6.07, 6.45) is 0. The number of rotatable bonds is 6. The standard InChI is InChI=1S/C17H18N2O6S/c1-12-4-5-13(2)16(10-12)18(11-17(20)25-3)26(23,24)15-8-6-14(7-9-15)19(21)22/h4-10H,11H2,1-3H3. The number of benzene rings is 2. The second kappa shape index (κ2) is 7.52. The number of nitro benzene ring substituents is 1. The number of carbonyl (C=O) groups excluding carboxylic acids is 1. The minimum atomic E-state index is -4.13. The van der Waals surface area contributed by atoms with Crippen LogP contribution in [-0.4, -0.2) is 33.0 Å². The number of nitrogens with zero attached hydrogens (tertiary/aromatic N) is 2. The molecule has 2 aromatic rings. The molecule has 8 nitrogen and oxygen atoms in total. The van der Waals surface area contributed by atoms with Gasteiger partial charge >= 0.3 is 5.97 Å². The minimum Gasteiger partial charge on any atom is -0.468 e. The number of hydrogen-bond acceptors (Lipinski definition) is 6. The van der Waals surface area contributed by atoms with E-state index in [1.807, 2.05) is 6.07 Å². The van der Waals surface area contributed by atoms with E-state index in [1.54, 1.807) is 26.0 Å². The van der Waals surface area contributed by atoms with Crippen molar-refractivity contribution in [3.05, 3.63) is 63.7 Å². The predicted octanol–water partition coefficient (Wildman–Crippen LogP) is 2.58. The van der Waals surface area contributed by atoms with E-state index in [4.69, 9.17) is 0 Å². The van der Waals surface area contributed by atoms with Crippen LogP contribution in [-0.2, 0) is 19.6 Å². The summed E-state index contributed by atoms with van der Waals surface area (Å²) in [7, 11) is -2.96. The van der Waals surface area contributed by atoms with Gasteiger partial charge in [0.25, 0.3) is 15.7 Å². The van der Waals surface area contributed by atoms with Gasteiger partial charge < -0.3 is 4.74 Å². The minimum absolute atomic E-state index is 0.159. The molecule has 0 amide bonds. The van der Waals surface area contributed by atoms with Gasteiger partial charge in [0.1, 0.15) is 6.54 Å². The largest absolute Gasteiger partial charge is 0.468 e. The van der Waals surface area contributed by atoms with Crippen LogP contribution >= 0.6 is 0 Å². The van der Waals surface area contributed by atoms with Crippen LogP contribution in [0.1, 0.15) is 11.1 Å². The fraction of sp³-hybridized carbons (Fsp3) is 0.235. The first kappa shape index (κ1) is 19.4. The molecule has 0 atom stereocenters. The zero-order valence-corrected chi connectivity index (χ0v) is 15.3. The van der Waals surface area contributed by atoms with E-state index >= 15 is 0 Å². The molecule has 0 aliphatic carbocycles. The molecule has 0 fully saturated rings. The summed E-state index contributed by atoms with van der Waals surface area (Å²) in [4.78, 5) is 21.8. The lowest BCUT2D eigenvalue weighted by Crippen LogP contribution is -2.36. The van der Waals surface area contributed by atoms with E-state index in [0.29, 0.717) is 11.3 Å². The van der Waals surface area contributed by atoms with Crippen molar-refractivity contribution in [1.82, 2.24) is 0 Å². The van der Waals surface area contributed by atoms with Crippen molar-refractivity contribution in [3.8, 4) is 0 Å². The van der Waals surface area contributed by atoms with Crippen LogP contribution in [0, 0.1) is 24.0 Å². The van der Waals surface area contributed by atoms with Crippen molar-refractivity contribution >= 4 is 27.4 Å². The molecule has 0 spiro atoms. The van der Waals surface area contributed by atoms with E-state index in [9.17, 15) is 23.3 Å². The van der Waals surface area contributed by atoms with Crippen molar-refractivity contribution in [2.45, 2.75) is 18.7 Å². The number of hydrogen-bond donors (Lipinski definition) is 0. The van der Waals surface area contributed by atoms with Gasteiger partial charge in [0.05, 0.1) is 22.6 Å². The molecule has 2 rings (SSSR count). The number of nitro groups is 1. The summed E-state index contributed by atoms with van der Waals surface area (Å²) in [5.74, 6) is -0.726. The molecule has 0 saturated heterocycles. The van der Waals surface area contributed by atoms with Crippen molar-refractivity contribution < 1.29 is 22.9 Å². The number of aryl methyl sites for hydroxylation is 2. The number of sulfonamides is 1. The summed E-state index contributed by atoms with van der Waals surface area (Å²) < 4.78 is 31.7. The van der Waals surface area contributed by atoms with Gasteiger partial charge in [-0.3, -0.25) is 19.2 Å². The molecule has 0 N–H and O–H groups in total. The Hall–Kier alpha value is -2.94. The van der Waals surface area contributed by atoms with E-state index in [0.717, 1.165) is 34.1 Å². The lowest BCUT2D eigenvalue weighted by molar-refractivity contribution is -0.384. The number of non-ortho nitro benzene ring substituents is 1. The first-order valence-electron chi connectivity index (χ1n) is 7.58. The van der Waals surface area contributed by atoms with Crippen LogP contribution in [0.15, 0.2) is 47.4 Å². The quantitative estimate of drug-likeness (QED) is 0.434. The normalized spacial score (nSPS) is 11.0. The van der Waals surface area contributed by atoms with Crippen LogP contribution in [0.3, 0.4) is 0 Å². The Bertz CT molecular complexity index is 938. The van der Waals surface area contributed by atoms with E-state index in [2.05, 4.69) is 4.74 Å². The number of carbonyl (C=O) groups is 1. The smallest absolute Gasteiger partial charge is 0.326 e. The van der Waals surface area contributed by atoms with Crippen LogP contribution in [0.5, 0.6) is 0 Å². The molecule has 0 unspecified atom stereocenters. The Morgan fingerprint density at radius 1 is 1.15 bits per heavy atom. The van der Waals surface area contributed by atoms with E-state index < -0.39 is 27.5 Å². The Labute approximate surface area is 151 Å². The highest BCUT2D eigenvalue weighted by molar-refractivity contribution is 7.92. The van der Waals surface area contributed by atoms with Crippen molar-refractivity contribution in [1.29, 1.82) is 0 Å². The lowest BCUT2D eigenvalue weighted by Gasteiger charge is -2.25. The Balaban J connectivity index is 2.57. The number of ether oxygens (including phenoxy) is 1. The van der Waals surface area contributed by atoms with Gasteiger partial charge in [-0.2, -0.15) is 0 Å². The molecule has 0 aromatic heterocycles. The fourth-order valence-electron chi connectivity index (χ4n) is 2.34. The molecule has 138 valence electrons. The highest BCUT2D eigenvalue weighted by atomic mass is 32.2. The summed E-state index contributed by atoms with van der Waals surface area (Å²) in [5, 5.41) is 10.8. The topological polar surface area (TPSA) is 107 Å². The maximum absolute atomic E-state index is 13.1. The maximum atomic E-state index is 13.1. The van der Waals surface area contributed by atoms with Gasteiger partial charge in [-0.25, -0.2) is 8.42 Å². The molecule has 0 radical (unpaired) electrons. The third-order valence-corrected chi connectivity index (χ3v) is 5.54. The van der Waals surface area contributed by atoms with Crippen molar-refractivity contribution in [3.63, 3.8) is 0 Å². The molecule has 0 aliphatic rings. The Morgan fingerprint density at radius 3 is 2.31 bits per heavy atom. The third kappa shape index (κ3) is 3.99. The number of esters is 1. The zero-order valence-electron chi connectivity index (χ0n) is 14.5. The summed E-state index contributed by atoms with van der Waals surface area (Å²) in [5.41, 5.74) is 1.59. The summed E-state index contributed by atoms with van der Waals surface area (Å²) in [6, 6.07) is 9.72. The van der Waals surface area contributed by atoms with E-state index in [1.165, 1.54) is 7.11 Å². The van der Waals surface area contributed by atoms with Gasteiger partial charge in [0.15, 0.2) is 0 Å². The van der Waals surface area contributed by atoms with Crippen LogP contribution in [0.4, 0.5) is 11.4 Å². The summed E-state index contributed by atoms with van der Waals surface area (Å²) in [6.45, 7) is 3.02. The second-order valence-electron chi connectivity index (χ2n) is 5.63. The molecular weight excluding hydrogens is 360 g/mol. The predicted molar refractivity (Wildman–Crippen MR) is 95.6 cm³/mol. The summed E-state index contributed by atoms with van der Waals surface area (Å²) >= 11 is 0. The van der Waals surface area contributed by atoms with Gasteiger partial charge in [0.2, 0.25) is 0 Å². The van der Waals surface area contributed by atoms with Crippen molar-refractivity contribution in [2.75, 3.05) is 18.0 Å². The van der Waals surface area contributed by atoms with Crippen LogP contribution < -0.4 is 4.31 Å². The molecule has 2 aromatic carbocycles. The number of anilines is 1. The molecule has 0 saturated carbocycles. The fourth-order valence-corrected chi connectivity index (χ4v) is 3.80. The molecular formula is C17H18N2O6S. The molecule has 0 aliphatic heterocycles. The first-order valence-corrected chi connectivity index (χ1v) is 9.02. The average molecular weight is 378 g/mol. The first-order chi connectivity index (χ1) is 12.2. The SMILES string of the molecule is COC(=O)CN(c1cc(C)ccc1C)S(=O)(=O)c1ccc([N+](=O)[O-])cc1. The average Bonchev–Trinajstić information content (AvgIpc) is 2.61. The van der Waals surface area contributed by atoms with E-state index in [-0.39, 0.29) is 10.6 Å². The Kier molecular flexibility index (Phi) is 5.61. The van der Waals surface area contributed by atoms with Crippen molar-refractivity contribution in [2.24, 2.45) is 0 Å². The molecule has 0 bridgehead atoms. The zero-order chi connectivity index (χ0) is 19.5. The van der Waals surface area contributed by atoms with Gasteiger partial charge in [-0.15, -0.1) is 0 Å². The second-order valence-corrected chi connectivity index (χ2v) is 7.49. The highest BCUT2D eigenvalue weighted by Gasteiger charge is 2.29. The molecule has 26 heavy (non-hydrogen) atoms. The van der Waals surface area contributed by atoms with Gasteiger partial charge in [-0.05, 0) is 43.2 Å². The molecule has 0 heterocycles.